The predicted molar refractivity (Wildman–Crippen MR) is 88.9 cm³/mol. The molecule has 3 rings (SSSR count). The Labute approximate surface area is 150 Å². The molecule has 26 heavy (non-hydrogen) atoms. The first-order chi connectivity index (χ1) is 12.5. The molecule has 0 bridgehead atoms. The van der Waals surface area contributed by atoms with E-state index in [0.29, 0.717) is 17.9 Å². The summed E-state index contributed by atoms with van der Waals surface area (Å²) in [5.74, 6) is 1.35. The van der Waals surface area contributed by atoms with Gasteiger partial charge in [0.05, 0.1) is 12.2 Å². The molecular weight excluding hydrogens is 340 g/mol. The lowest BCUT2D eigenvalue weighted by molar-refractivity contribution is -0.139. The molecule has 2 heterocycles. The molecule has 136 valence electrons. The van der Waals surface area contributed by atoms with Gasteiger partial charge in [-0.25, -0.2) is 0 Å². The number of hydrogen-bond donors (Lipinski definition) is 2. The van der Waals surface area contributed by atoms with Gasteiger partial charge < -0.3 is 14.6 Å². The van der Waals surface area contributed by atoms with Crippen molar-refractivity contribution in [1.29, 1.82) is 0 Å². The summed E-state index contributed by atoms with van der Waals surface area (Å²) in [5, 5.41) is 12.7. The van der Waals surface area contributed by atoms with Crippen LogP contribution in [-0.4, -0.2) is 53.6 Å². The average molecular weight is 358 g/mol. The van der Waals surface area contributed by atoms with Crippen LogP contribution in [0.4, 0.5) is 0 Å². The minimum Gasteiger partial charge on any atom is -0.491 e. The van der Waals surface area contributed by atoms with E-state index in [9.17, 15) is 19.5 Å². The summed E-state index contributed by atoms with van der Waals surface area (Å²) < 4.78 is 10.6. The zero-order valence-corrected chi connectivity index (χ0v) is 13.9. The Morgan fingerprint density at radius 3 is 2.85 bits per heavy atom. The third-order valence-electron chi connectivity index (χ3n) is 4.26. The number of carbonyl (C=O) groups is 3. The second-order valence-electron chi connectivity index (χ2n) is 5.91. The lowest BCUT2D eigenvalue weighted by atomic mass is 10.0. The van der Waals surface area contributed by atoms with Gasteiger partial charge in [0, 0.05) is 12.0 Å². The maximum atomic E-state index is 12.7. The van der Waals surface area contributed by atoms with Gasteiger partial charge in [0.1, 0.15) is 25.0 Å². The average Bonchev–Trinajstić information content (AvgIpc) is 2.86. The molecule has 1 saturated heterocycles. The van der Waals surface area contributed by atoms with Crippen LogP contribution in [0.1, 0.15) is 35.0 Å². The van der Waals surface area contributed by atoms with Gasteiger partial charge in [0.25, 0.3) is 5.91 Å². The number of amides is 3. The Balaban J connectivity index is 1.71. The van der Waals surface area contributed by atoms with E-state index in [1.165, 1.54) is 6.07 Å². The maximum Gasteiger partial charge on any atom is 0.257 e. The number of aliphatic hydroxyl groups is 1. The van der Waals surface area contributed by atoms with Crippen LogP contribution in [0.5, 0.6) is 5.75 Å². The van der Waals surface area contributed by atoms with E-state index in [4.69, 9.17) is 15.9 Å². The van der Waals surface area contributed by atoms with Crippen LogP contribution in [0, 0.1) is 12.3 Å². The molecule has 2 N–H and O–H groups in total. The Hall–Kier alpha value is -2.89. The molecule has 8 nitrogen and oxygen atoms in total. The fourth-order valence-electron chi connectivity index (χ4n) is 3.04. The summed E-state index contributed by atoms with van der Waals surface area (Å²) in [4.78, 5) is 37.1. The summed E-state index contributed by atoms with van der Waals surface area (Å²) in [6.07, 6.45) is 4.13. The number of rotatable bonds is 6. The van der Waals surface area contributed by atoms with Gasteiger partial charge in [0.2, 0.25) is 11.8 Å². The summed E-state index contributed by atoms with van der Waals surface area (Å²) >= 11 is 0. The Morgan fingerprint density at radius 2 is 2.12 bits per heavy atom. The molecule has 2 aliphatic rings. The molecule has 8 heteroatoms. The molecule has 0 aliphatic carbocycles. The second kappa shape index (κ2) is 7.56. The van der Waals surface area contributed by atoms with Gasteiger partial charge in [-0.15, -0.1) is 6.42 Å². The number of aliphatic hydroxyl groups excluding tert-OH is 1. The van der Waals surface area contributed by atoms with Crippen LogP contribution in [0.2, 0.25) is 0 Å². The quantitative estimate of drug-likeness (QED) is 0.420. The number of carbonyl (C=O) groups excluding carboxylic acids is 3. The normalized spacial score (nSPS) is 22.0. The number of ether oxygens (including phenoxy) is 2. The first-order valence-corrected chi connectivity index (χ1v) is 8.15. The van der Waals surface area contributed by atoms with Crippen molar-refractivity contribution in [2.24, 2.45) is 0 Å². The standard InChI is InChI=1S/C18H18N2O6/c1-2-7-25-8-9-26-11-3-4-12-13(10-11)18(24)20(17(12)23)14-5-6-15(21)19-16(14)22/h1,3-4,10,14,17,23H,5-9H2,(H,19,21,22). The molecular formula is C18H18N2O6. The summed E-state index contributed by atoms with van der Waals surface area (Å²) in [5.41, 5.74) is 0.667. The number of hydrogen-bond acceptors (Lipinski definition) is 6. The molecule has 1 aromatic carbocycles. The zero-order chi connectivity index (χ0) is 18.7. The predicted octanol–water partition coefficient (Wildman–Crippen LogP) is -0.0329. The molecule has 2 aliphatic heterocycles. The van der Waals surface area contributed by atoms with Crippen molar-refractivity contribution in [2.45, 2.75) is 25.1 Å². The molecule has 3 amide bonds. The molecule has 1 aromatic rings. The Bertz CT molecular complexity index is 784. The lowest BCUT2D eigenvalue weighted by Crippen LogP contribution is -2.53. The maximum absolute atomic E-state index is 12.7. The van der Waals surface area contributed by atoms with Gasteiger partial charge >= 0.3 is 0 Å². The van der Waals surface area contributed by atoms with Crippen LogP contribution in [0.25, 0.3) is 0 Å². The van der Waals surface area contributed by atoms with Gasteiger partial charge in [-0.3, -0.25) is 24.6 Å². The van der Waals surface area contributed by atoms with Crippen molar-refractivity contribution in [3.05, 3.63) is 29.3 Å². The van der Waals surface area contributed by atoms with Crippen LogP contribution >= 0.6 is 0 Å². The van der Waals surface area contributed by atoms with Crippen LogP contribution in [0.15, 0.2) is 18.2 Å². The number of nitrogens with one attached hydrogen (secondary N) is 1. The van der Waals surface area contributed by atoms with Gasteiger partial charge in [-0.1, -0.05) is 12.0 Å². The Kier molecular flexibility index (Phi) is 5.21. The first-order valence-electron chi connectivity index (χ1n) is 8.15. The molecule has 0 spiro atoms. The number of piperidine rings is 1. The smallest absolute Gasteiger partial charge is 0.257 e. The lowest BCUT2D eigenvalue weighted by Gasteiger charge is -2.31. The fraction of sp³-hybridized carbons (Fsp3) is 0.389. The molecule has 2 unspecified atom stereocenters. The van der Waals surface area contributed by atoms with Crippen molar-refractivity contribution in [3.63, 3.8) is 0 Å². The van der Waals surface area contributed by atoms with E-state index in [2.05, 4.69) is 11.2 Å². The summed E-state index contributed by atoms with van der Waals surface area (Å²) in [6.45, 7) is 0.757. The molecule has 1 fully saturated rings. The van der Waals surface area contributed by atoms with E-state index in [1.807, 2.05) is 0 Å². The fourth-order valence-corrected chi connectivity index (χ4v) is 3.04. The number of imide groups is 1. The van der Waals surface area contributed by atoms with E-state index in [-0.39, 0.29) is 37.5 Å². The third kappa shape index (κ3) is 3.40. The third-order valence-corrected chi connectivity index (χ3v) is 4.26. The van der Waals surface area contributed by atoms with Crippen LogP contribution in [0.3, 0.4) is 0 Å². The summed E-state index contributed by atoms with van der Waals surface area (Å²) in [6, 6.07) is 3.85. The topological polar surface area (TPSA) is 105 Å². The number of nitrogens with zero attached hydrogens (tertiary/aromatic N) is 1. The van der Waals surface area contributed by atoms with E-state index >= 15 is 0 Å². The molecule has 0 radical (unpaired) electrons. The Morgan fingerprint density at radius 1 is 1.31 bits per heavy atom. The van der Waals surface area contributed by atoms with Crippen LogP contribution in [-0.2, 0) is 14.3 Å². The SMILES string of the molecule is C#CCOCCOc1ccc2c(c1)C(=O)N(C1CCC(=O)NC1=O)C2O. The van der Waals surface area contributed by atoms with Gasteiger partial charge in [-0.2, -0.15) is 0 Å². The van der Waals surface area contributed by atoms with Crippen LogP contribution < -0.4 is 10.1 Å². The van der Waals surface area contributed by atoms with Crippen molar-refractivity contribution >= 4 is 17.7 Å². The highest BCUT2D eigenvalue weighted by Gasteiger charge is 2.44. The molecule has 0 aromatic heterocycles. The largest absolute Gasteiger partial charge is 0.491 e. The van der Waals surface area contributed by atoms with Crippen molar-refractivity contribution in [3.8, 4) is 18.1 Å². The van der Waals surface area contributed by atoms with E-state index < -0.39 is 24.1 Å². The summed E-state index contributed by atoms with van der Waals surface area (Å²) in [7, 11) is 0. The highest BCUT2D eigenvalue weighted by atomic mass is 16.5. The van der Waals surface area contributed by atoms with Crippen molar-refractivity contribution in [2.75, 3.05) is 19.8 Å². The molecule has 2 atom stereocenters. The molecule has 0 saturated carbocycles. The minimum absolute atomic E-state index is 0.120. The first kappa shape index (κ1) is 17.9. The van der Waals surface area contributed by atoms with Crippen molar-refractivity contribution in [1.82, 2.24) is 10.2 Å². The highest BCUT2D eigenvalue weighted by molar-refractivity contribution is 6.05. The number of terminal acetylenes is 1. The van der Waals surface area contributed by atoms with Gasteiger partial charge in [-0.05, 0) is 18.6 Å². The zero-order valence-electron chi connectivity index (χ0n) is 13.9. The second-order valence-corrected chi connectivity index (χ2v) is 5.91. The van der Waals surface area contributed by atoms with Gasteiger partial charge in [0.15, 0.2) is 6.23 Å². The number of fused-ring (bicyclic) bond motifs is 1. The number of benzene rings is 1. The van der Waals surface area contributed by atoms with E-state index in [1.54, 1.807) is 12.1 Å². The van der Waals surface area contributed by atoms with E-state index in [0.717, 1.165) is 4.90 Å². The highest BCUT2D eigenvalue weighted by Crippen LogP contribution is 2.36. The monoisotopic (exact) mass is 358 g/mol. The minimum atomic E-state index is -1.24. The van der Waals surface area contributed by atoms with Crippen molar-refractivity contribution < 1.29 is 29.0 Å².